The van der Waals surface area contributed by atoms with Crippen molar-refractivity contribution in [2.45, 2.75) is 26.0 Å². The zero-order valence-corrected chi connectivity index (χ0v) is 12.0. The van der Waals surface area contributed by atoms with Crippen LogP contribution in [-0.4, -0.2) is 40.3 Å². The van der Waals surface area contributed by atoms with E-state index in [1.54, 1.807) is 6.07 Å². The van der Waals surface area contributed by atoms with Crippen molar-refractivity contribution < 1.29 is 19.4 Å². The number of likely N-dealkylation sites (tertiary alicyclic amines) is 1. The highest BCUT2D eigenvalue weighted by Gasteiger charge is 2.24. The fourth-order valence-electron chi connectivity index (χ4n) is 2.65. The highest BCUT2D eigenvalue weighted by Crippen LogP contribution is 2.20. The van der Waals surface area contributed by atoms with Crippen molar-refractivity contribution in [1.82, 2.24) is 4.90 Å². The predicted molar refractivity (Wildman–Crippen MR) is 78.1 cm³/mol. The first-order valence-electron chi connectivity index (χ1n) is 7.05. The standard InChI is InChI=1S/C16H20FNO3/c1-11-9-18(5-4-15(11)19)10-13-6-12(2-3-16(20)21)7-14(17)8-13/h2-3,6-8,11,15,19H,4-5,9-10H2,1H3,(H,20,21)/b3-2+. The Kier molecular flexibility index (Phi) is 5.09. The molecule has 0 radical (unpaired) electrons. The fourth-order valence-corrected chi connectivity index (χ4v) is 2.65. The van der Waals surface area contributed by atoms with Gasteiger partial charge < -0.3 is 10.2 Å². The molecular weight excluding hydrogens is 273 g/mol. The van der Waals surface area contributed by atoms with Gasteiger partial charge in [0, 0.05) is 25.7 Å². The van der Waals surface area contributed by atoms with E-state index in [0.717, 1.165) is 31.1 Å². The Morgan fingerprint density at radius 1 is 1.48 bits per heavy atom. The number of aliphatic hydroxyl groups is 1. The summed E-state index contributed by atoms with van der Waals surface area (Å²) < 4.78 is 13.6. The van der Waals surface area contributed by atoms with Crippen LogP contribution in [0.25, 0.3) is 6.08 Å². The van der Waals surface area contributed by atoms with E-state index in [1.165, 1.54) is 18.2 Å². The minimum absolute atomic E-state index is 0.207. The molecule has 0 saturated carbocycles. The highest BCUT2D eigenvalue weighted by molar-refractivity contribution is 5.85. The van der Waals surface area contributed by atoms with Crippen LogP contribution in [0, 0.1) is 11.7 Å². The van der Waals surface area contributed by atoms with Crippen molar-refractivity contribution in [3.05, 3.63) is 41.2 Å². The van der Waals surface area contributed by atoms with Gasteiger partial charge in [-0.05, 0) is 41.7 Å². The van der Waals surface area contributed by atoms with Gasteiger partial charge in [-0.15, -0.1) is 0 Å². The molecule has 114 valence electrons. The van der Waals surface area contributed by atoms with E-state index < -0.39 is 5.97 Å². The van der Waals surface area contributed by atoms with Gasteiger partial charge in [0.25, 0.3) is 0 Å². The van der Waals surface area contributed by atoms with Gasteiger partial charge in [0.2, 0.25) is 0 Å². The van der Waals surface area contributed by atoms with Gasteiger partial charge in [-0.2, -0.15) is 0 Å². The third kappa shape index (κ3) is 4.65. The van der Waals surface area contributed by atoms with E-state index in [1.807, 2.05) is 6.92 Å². The van der Waals surface area contributed by atoms with Crippen LogP contribution in [0.4, 0.5) is 4.39 Å². The summed E-state index contributed by atoms with van der Waals surface area (Å²) in [5.74, 6) is -1.22. The molecule has 1 fully saturated rings. The van der Waals surface area contributed by atoms with Crippen molar-refractivity contribution in [3.63, 3.8) is 0 Å². The van der Waals surface area contributed by atoms with Crippen molar-refractivity contribution in [2.75, 3.05) is 13.1 Å². The molecule has 0 bridgehead atoms. The quantitative estimate of drug-likeness (QED) is 0.835. The van der Waals surface area contributed by atoms with Crippen LogP contribution in [0.15, 0.2) is 24.3 Å². The Hall–Kier alpha value is -1.72. The molecule has 1 aliphatic rings. The zero-order chi connectivity index (χ0) is 15.4. The van der Waals surface area contributed by atoms with Gasteiger partial charge in [0.05, 0.1) is 6.10 Å². The van der Waals surface area contributed by atoms with Crippen LogP contribution in [0.1, 0.15) is 24.5 Å². The molecule has 1 aliphatic heterocycles. The number of carboxylic acids is 1. The molecule has 0 aliphatic carbocycles. The molecule has 1 aromatic carbocycles. The minimum atomic E-state index is -1.06. The molecule has 0 amide bonds. The lowest BCUT2D eigenvalue weighted by molar-refractivity contribution is -0.131. The molecule has 1 aromatic rings. The SMILES string of the molecule is CC1CN(Cc2cc(F)cc(/C=C/C(=O)O)c2)CCC1O. The van der Waals surface area contributed by atoms with Crippen LogP contribution in [-0.2, 0) is 11.3 Å². The van der Waals surface area contributed by atoms with Gasteiger partial charge in [-0.1, -0.05) is 13.0 Å². The third-order valence-corrected chi connectivity index (χ3v) is 3.75. The first-order valence-corrected chi connectivity index (χ1v) is 7.05. The number of benzene rings is 1. The van der Waals surface area contributed by atoms with Crippen molar-refractivity contribution >= 4 is 12.0 Å². The molecule has 0 aromatic heterocycles. The van der Waals surface area contributed by atoms with Gasteiger partial charge >= 0.3 is 5.97 Å². The molecule has 2 atom stereocenters. The Balaban J connectivity index is 2.08. The Labute approximate surface area is 123 Å². The Bertz CT molecular complexity index is 544. The van der Waals surface area contributed by atoms with Crippen molar-refractivity contribution in [3.8, 4) is 0 Å². The zero-order valence-electron chi connectivity index (χ0n) is 12.0. The van der Waals surface area contributed by atoms with E-state index in [2.05, 4.69) is 4.90 Å². The molecule has 2 rings (SSSR count). The molecule has 21 heavy (non-hydrogen) atoms. The summed E-state index contributed by atoms with van der Waals surface area (Å²) in [6.07, 6.45) is 2.85. The summed E-state index contributed by atoms with van der Waals surface area (Å²) in [5, 5.41) is 18.3. The molecule has 1 heterocycles. The van der Waals surface area contributed by atoms with E-state index in [-0.39, 0.29) is 17.8 Å². The first kappa shape index (κ1) is 15.7. The lowest BCUT2D eigenvalue weighted by atomic mass is 9.96. The molecule has 4 nitrogen and oxygen atoms in total. The topological polar surface area (TPSA) is 60.8 Å². The maximum atomic E-state index is 13.6. The van der Waals surface area contributed by atoms with Gasteiger partial charge in [0.15, 0.2) is 0 Å². The van der Waals surface area contributed by atoms with Crippen molar-refractivity contribution in [2.24, 2.45) is 5.92 Å². The van der Waals surface area contributed by atoms with Crippen LogP contribution in [0.2, 0.25) is 0 Å². The molecule has 2 unspecified atom stereocenters. The lowest BCUT2D eigenvalue weighted by Gasteiger charge is -2.34. The van der Waals surface area contributed by atoms with E-state index in [4.69, 9.17) is 5.11 Å². The average molecular weight is 293 g/mol. The van der Waals surface area contributed by atoms with Crippen LogP contribution in [0.5, 0.6) is 0 Å². The highest BCUT2D eigenvalue weighted by atomic mass is 19.1. The second-order valence-electron chi connectivity index (χ2n) is 5.63. The van der Waals surface area contributed by atoms with Gasteiger partial charge in [-0.3, -0.25) is 4.90 Å². The normalized spacial score (nSPS) is 23.6. The Morgan fingerprint density at radius 2 is 2.24 bits per heavy atom. The van der Waals surface area contributed by atoms with Gasteiger partial charge in [-0.25, -0.2) is 9.18 Å². The summed E-state index contributed by atoms with van der Waals surface area (Å²) in [5.41, 5.74) is 1.35. The third-order valence-electron chi connectivity index (χ3n) is 3.75. The van der Waals surface area contributed by atoms with Crippen molar-refractivity contribution in [1.29, 1.82) is 0 Å². The molecular formula is C16H20FNO3. The van der Waals surface area contributed by atoms with E-state index in [0.29, 0.717) is 12.1 Å². The summed E-state index contributed by atoms with van der Waals surface area (Å²) in [6, 6.07) is 4.57. The average Bonchev–Trinajstić information content (AvgIpc) is 2.40. The van der Waals surface area contributed by atoms with Crippen LogP contribution >= 0.6 is 0 Å². The number of aliphatic carboxylic acids is 1. The largest absolute Gasteiger partial charge is 0.478 e. The number of halogens is 1. The molecule has 5 heteroatoms. The number of nitrogens with zero attached hydrogens (tertiary/aromatic N) is 1. The second kappa shape index (κ2) is 6.83. The summed E-state index contributed by atoms with van der Waals surface area (Å²) >= 11 is 0. The molecule has 1 saturated heterocycles. The number of rotatable bonds is 4. The first-order chi connectivity index (χ1) is 9.94. The number of aliphatic hydroxyl groups excluding tert-OH is 1. The summed E-state index contributed by atoms with van der Waals surface area (Å²) in [7, 11) is 0. The lowest BCUT2D eigenvalue weighted by Crippen LogP contribution is -2.41. The van der Waals surface area contributed by atoms with Crippen LogP contribution < -0.4 is 0 Å². The summed E-state index contributed by atoms with van der Waals surface area (Å²) in [6.45, 7) is 4.16. The maximum Gasteiger partial charge on any atom is 0.328 e. The van der Waals surface area contributed by atoms with E-state index >= 15 is 0 Å². The predicted octanol–water partition coefficient (Wildman–Crippen LogP) is 2.13. The minimum Gasteiger partial charge on any atom is -0.478 e. The van der Waals surface area contributed by atoms with E-state index in [9.17, 15) is 14.3 Å². The second-order valence-corrected chi connectivity index (χ2v) is 5.63. The number of hydrogen-bond donors (Lipinski definition) is 2. The monoisotopic (exact) mass is 293 g/mol. The summed E-state index contributed by atoms with van der Waals surface area (Å²) in [4.78, 5) is 12.7. The number of piperidine rings is 1. The number of carboxylic acid groups (broad SMARTS) is 1. The maximum absolute atomic E-state index is 13.6. The smallest absolute Gasteiger partial charge is 0.328 e. The number of hydrogen-bond acceptors (Lipinski definition) is 3. The molecule has 2 N–H and O–H groups in total. The molecule has 0 spiro atoms. The Morgan fingerprint density at radius 3 is 2.90 bits per heavy atom. The fraction of sp³-hybridized carbons (Fsp3) is 0.438. The van der Waals surface area contributed by atoms with Gasteiger partial charge in [0.1, 0.15) is 5.82 Å². The van der Waals surface area contributed by atoms with Crippen LogP contribution in [0.3, 0.4) is 0 Å². The number of carbonyl (C=O) groups is 1.